The molecule has 2 unspecified atom stereocenters. The fraction of sp³-hybridized carbons (Fsp3) is 0.471. The molecule has 2 bridgehead atoms. The quantitative estimate of drug-likeness (QED) is 0.149. The van der Waals surface area contributed by atoms with E-state index >= 15 is 0 Å². The number of fused-ring (bicyclic) bond motifs is 6. The third kappa shape index (κ3) is 11.4. The van der Waals surface area contributed by atoms with Crippen LogP contribution in [0.2, 0.25) is 0 Å². The summed E-state index contributed by atoms with van der Waals surface area (Å²) in [7, 11) is 2.39. The predicted molar refractivity (Wildman–Crippen MR) is 315 cm³/mol. The Hall–Kier alpha value is -5.22. The average Bonchev–Trinajstić information content (AvgIpc) is 3.66. The topological polar surface area (TPSA) is 19.6 Å². The van der Waals surface area contributed by atoms with Crippen LogP contribution in [0.15, 0.2) is 172 Å². The molecular weight excluding hydrogens is 872 g/mol. The first-order valence-corrected chi connectivity index (χ1v) is 27.6. The van der Waals surface area contributed by atoms with Crippen molar-refractivity contribution < 1.29 is 4.42 Å². The van der Waals surface area contributed by atoms with Gasteiger partial charge in [0.25, 0.3) is 0 Å². The lowest BCUT2D eigenvalue weighted by Gasteiger charge is -2.50. The van der Waals surface area contributed by atoms with Gasteiger partial charge in [-0.2, -0.15) is 0 Å². The molecule has 1 aromatic heterocycles. The Morgan fingerprint density at radius 1 is 0.750 bits per heavy atom. The van der Waals surface area contributed by atoms with Crippen molar-refractivity contribution in [3.63, 3.8) is 0 Å². The Balaban J connectivity index is 1.35. The van der Waals surface area contributed by atoms with Crippen molar-refractivity contribution in [1.82, 2.24) is 0 Å². The Kier molecular flexibility index (Phi) is 15.2. The van der Waals surface area contributed by atoms with Gasteiger partial charge in [-0.05, 0) is 168 Å². The summed E-state index contributed by atoms with van der Waals surface area (Å²) in [6.45, 7) is 35.8. The third-order valence-electron chi connectivity index (χ3n) is 17.1. The lowest BCUT2D eigenvalue weighted by Crippen LogP contribution is -2.42. The number of hydrogen-bond acceptors (Lipinski definition) is 3. The van der Waals surface area contributed by atoms with Crippen molar-refractivity contribution in [2.24, 2.45) is 33.5 Å². The van der Waals surface area contributed by atoms with E-state index in [4.69, 9.17) is 4.42 Å². The molecule has 5 aliphatic rings. The molecule has 1 aliphatic heterocycles. The van der Waals surface area contributed by atoms with E-state index in [0.29, 0.717) is 11.8 Å². The molecule has 379 valence electrons. The summed E-state index contributed by atoms with van der Waals surface area (Å²) < 4.78 is 7.39. The molecule has 72 heavy (non-hydrogen) atoms. The highest BCUT2D eigenvalue weighted by Gasteiger charge is 2.46. The molecule has 1 fully saturated rings. The Bertz CT molecular complexity index is 2850. The standard InChI is InChI=1S/C68H88BN2O/c1-16-17-18-19-20-24-29-49(63(2,3)4)30-26-42-70-51-31-25-32-52(45-51)71(43-37-55-54(35-33-48-27-22-21-23-28-48)65(8,9)38-39-66(55,10)11)61-53-46-56-57(68(14,15)41-40-67(56,12)13)47-60(53)72-62(61)69-58-44-50(64(5,6)7)34-36-59(58)70/h16-19,22,24-33,35,37,42-47,54-55H,20-21,23,34,36,38-41H2,1-15H3/b17-16-,19-18-,29-24+,35-33+,42-26+,43-37+,49-30+. The van der Waals surface area contributed by atoms with Crippen LogP contribution < -0.4 is 15.5 Å². The second kappa shape index (κ2) is 20.6. The van der Waals surface area contributed by atoms with Gasteiger partial charge in [-0.25, -0.2) is 0 Å². The first-order valence-electron chi connectivity index (χ1n) is 27.6. The minimum Gasteiger partial charge on any atom is -0.469 e. The lowest BCUT2D eigenvalue weighted by molar-refractivity contribution is 0.0344. The molecule has 0 spiro atoms. The zero-order valence-electron chi connectivity index (χ0n) is 47.2. The summed E-state index contributed by atoms with van der Waals surface area (Å²) in [4.78, 5) is 4.96. The fourth-order valence-electron chi connectivity index (χ4n) is 12.0. The molecule has 1 radical (unpaired) electrons. The molecule has 4 aliphatic carbocycles. The number of hydrogen-bond donors (Lipinski definition) is 0. The summed E-state index contributed by atoms with van der Waals surface area (Å²) in [5, 5.41) is 1.18. The second-order valence-corrected chi connectivity index (χ2v) is 26.4. The van der Waals surface area contributed by atoms with E-state index in [1.807, 2.05) is 0 Å². The third-order valence-corrected chi connectivity index (χ3v) is 17.1. The number of anilines is 3. The second-order valence-electron chi connectivity index (χ2n) is 26.4. The summed E-state index contributed by atoms with van der Waals surface area (Å²) >= 11 is 0. The first-order chi connectivity index (χ1) is 33.9. The van der Waals surface area contributed by atoms with Gasteiger partial charge in [0.2, 0.25) is 7.28 Å². The maximum absolute atomic E-state index is 7.39. The maximum Gasteiger partial charge on any atom is 0.246 e. The van der Waals surface area contributed by atoms with Gasteiger partial charge >= 0.3 is 0 Å². The van der Waals surface area contributed by atoms with Crippen LogP contribution in [-0.4, -0.2) is 7.28 Å². The van der Waals surface area contributed by atoms with Gasteiger partial charge in [0.05, 0.1) is 11.3 Å². The molecule has 8 rings (SSSR count). The van der Waals surface area contributed by atoms with E-state index in [2.05, 4.69) is 261 Å². The van der Waals surface area contributed by atoms with Gasteiger partial charge in [0.15, 0.2) is 0 Å². The molecule has 4 heteroatoms. The van der Waals surface area contributed by atoms with Crippen LogP contribution in [0.3, 0.4) is 0 Å². The van der Waals surface area contributed by atoms with E-state index in [-0.39, 0.29) is 32.5 Å². The minimum absolute atomic E-state index is 0.0257. The monoisotopic (exact) mass is 960 g/mol. The number of rotatable bonds is 10. The molecular formula is C68H88BN2O. The van der Waals surface area contributed by atoms with Crippen LogP contribution in [-0.2, 0) is 10.8 Å². The van der Waals surface area contributed by atoms with E-state index in [9.17, 15) is 0 Å². The lowest BCUT2D eigenvalue weighted by atomic mass is 9.54. The van der Waals surface area contributed by atoms with Crippen molar-refractivity contribution in [2.75, 3.05) is 9.80 Å². The highest BCUT2D eigenvalue weighted by atomic mass is 16.3. The average molecular weight is 960 g/mol. The van der Waals surface area contributed by atoms with Crippen LogP contribution in [0.5, 0.6) is 0 Å². The molecule has 0 N–H and O–H groups in total. The Labute approximate surface area is 438 Å². The minimum atomic E-state index is -0.0257. The maximum atomic E-state index is 7.39. The molecule has 3 aromatic rings. The zero-order chi connectivity index (χ0) is 51.9. The largest absolute Gasteiger partial charge is 0.469 e. The highest BCUT2D eigenvalue weighted by Crippen LogP contribution is 2.55. The molecule has 1 saturated carbocycles. The summed E-state index contributed by atoms with van der Waals surface area (Å²) in [5.41, 5.74) is 15.0. The summed E-state index contributed by atoms with van der Waals surface area (Å²) in [6, 6.07) is 14.2. The molecule has 0 amide bonds. The Morgan fingerprint density at radius 2 is 1.43 bits per heavy atom. The molecule has 2 aromatic carbocycles. The van der Waals surface area contributed by atoms with Gasteiger partial charge in [-0.3, -0.25) is 0 Å². The van der Waals surface area contributed by atoms with Crippen molar-refractivity contribution in [2.45, 2.75) is 172 Å². The number of nitrogens with zero attached hydrogens (tertiary/aromatic N) is 2. The van der Waals surface area contributed by atoms with E-state index < -0.39 is 0 Å². The van der Waals surface area contributed by atoms with Crippen LogP contribution in [0.4, 0.5) is 17.1 Å². The number of furan rings is 1. The van der Waals surface area contributed by atoms with Gasteiger partial charge < -0.3 is 14.2 Å². The number of benzene rings is 2. The van der Waals surface area contributed by atoms with Gasteiger partial charge in [-0.15, -0.1) is 0 Å². The molecule has 2 heterocycles. The van der Waals surface area contributed by atoms with Crippen molar-refractivity contribution >= 4 is 41.0 Å². The highest BCUT2D eigenvalue weighted by molar-refractivity contribution is 6.63. The summed E-state index contributed by atoms with van der Waals surface area (Å²) in [6.07, 6.45) is 49.2. The van der Waals surface area contributed by atoms with Crippen molar-refractivity contribution in [3.8, 4) is 0 Å². The zero-order valence-corrected chi connectivity index (χ0v) is 47.2. The fourth-order valence-corrected chi connectivity index (χ4v) is 12.0. The van der Waals surface area contributed by atoms with Crippen LogP contribution >= 0.6 is 0 Å². The van der Waals surface area contributed by atoms with E-state index in [1.54, 1.807) is 0 Å². The predicted octanol–water partition coefficient (Wildman–Crippen LogP) is 19.0. The SMILES string of the molecule is C/C=C\C=C/C/C=C/C(=C\C=C\N1C2=C([B]c3oc4cc5c(cc4c3N(/C=C/C3C(/C=C/C4=CCCC=C4)C(C)(C)CCC3(C)C)c3cccc1c3)C(C)(C)CCC5(C)C)C=C(C(C)(C)C)CC2)C(C)(C)C. The normalized spacial score (nSPS) is 23.4. The first kappa shape index (κ1) is 53.1. The van der Waals surface area contributed by atoms with Crippen LogP contribution in [0, 0.1) is 33.5 Å². The smallest absolute Gasteiger partial charge is 0.246 e. The van der Waals surface area contributed by atoms with Gasteiger partial charge in [0.1, 0.15) is 5.58 Å². The van der Waals surface area contributed by atoms with Crippen molar-refractivity contribution in [1.29, 1.82) is 0 Å². The molecule has 0 saturated heterocycles. The Morgan fingerprint density at radius 3 is 2.08 bits per heavy atom. The molecule has 2 atom stereocenters. The van der Waals surface area contributed by atoms with E-state index in [0.717, 1.165) is 73.3 Å². The van der Waals surface area contributed by atoms with Gasteiger partial charge in [-0.1, -0.05) is 199 Å². The molecule has 3 nitrogen and oxygen atoms in total. The van der Waals surface area contributed by atoms with Crippen LogP contribution in [0.1, 0.15) is 173 Å². The van der Waals surface area contributed by atoms with E-state index in [1.165, 1.54) is 57.2 Å². The summed E-state index contributed by atoms with van der Waals surface area (Å²) in [5.74, 6) is 0.656. The van der Waals surface area contributed by atoms with Crippen LogP contribution in [0.25, 0.3) is 11.0 Å². The van der Waals surface area contributed by atoms with Crippen molar-refractivity contribution in [3.05, 3.63) is 179 Å². The number of allylic oxidation sites excluding steroid dienone is 20. The van der Waals surface area contributed by atoms with Gasteiger partial charge in [0, 0.05) is 34.9 Å².